The van der Waals surface area contributed by atoms with Gasteiger partial charge >= 0.3 is 0 Å². The molecule has 1 atom stereocenters. The average molecular weight is 322 g/mol. The van der Waals surface area contributed by atoms with Crippen molar-refractivity contribution in [3.63, 3.8) is 0 Å². The summed E-state index contributed by atoms with van der Waals surface area (Å²) in [5, 5.41) is 15.3. The third kappa shape index (κ3) is 3.65. The second-order valence-corrected chi connectivity index (χ2v) is 6.10. The average Bonchev–Trinajstić information content (AvgIpc) is 3.09. The van der Waals surface area contributed by atoms with Crippen LogP contribution in [0, 0.1) is 0 Å². The summed E-state index contributed by atoms with van der Waals surface area (Å²) in [5.41, 5.74) is 3.52. The molecule has 3 rings (SSSR count). The van der Waals surface area contributed by atoms with Crippen molar-refractivity contribution in [1.82, 2.24) is 30.5 Å². The Bertz CT molecular complexity index is 764. The first-order chi connectivity index (χ1) is 11.6. The third-order valence-electron chi connectivity index (χ3n) is 4.02. The maximum Gasteiger partial charge on any atom is 0.165 e. The first-order valence-electron chi connectivity index (χ1n) is 8.15. The minimum absolute atomic E-state index is 0.213. The minimum Gasteiger partial charge on any atom is -0.303 e. The lowest BCUT2D eigenvalue weighted by Crippen LogP contribution is -2.21. The Labute approximate surface area is 141 Å². The van der Waals surface area contributed by atoms with Crippen molar-refractivity contribution in [3.05, 3.63) is 60.2 Å². The maximum absolute atomic E-state index is 4.17. The lowest BCUT2D eigenvalue weighted by atomic mass is 10.0. The fraction of sp³-hybridized carbons (Fsp3) is 0.333. The van der Waals surface area contributed by atoms with Crippen molar-refractivity contribution in [2.24, 2.45) is 0 Å². The van der Waals surface area contributed by atoms with E-state index in [1.165, 1.54) is 11.1 Å². The van der Waals surface area contributed by atoms with Crippen molar-refractivity contribution in [2.45, 2.75) is 39.4 Å². The van der Waals surface area contributed by atoms with Crippen molar-refractivity contribution >= 4 is 0 Å². The standard InChI is InChI=1S/C18H22N6/c1-13(2)24-18(21-22-23-24)12-20-14(3)15-6-8-16(9-7-15)17-5-4-10-19-11-17/h4-11,13-14,20H,12H2,1-3H3/t14-/m0/s1. The van der Waals surface area contributed by atoms with E-state index >= 15 is 0 Å². The molecule has 6 nitrogen and oxygen atoms in total. The van der Waals surface area contributed by atoms with Crippen LogP contribution < -0.4 is 5.32 Å². The molecule has 2 aromatic heterocycles. The molecule has 0 aliphatic heterocycles. The molecule has 2 heterocycles. The largest absolute Gasteiger partial charge is 0.303 e. The molecule has 0 aliphatic carbocycles. The lowest BCUT2D eigenvalue weighted by molar-refractivity contribution is 0.468. The molecule has 24 heavy (non-hydrogen) atoms. The lowest BCUT2D eigenvalue weighted by Gasteiger charge is -2.15. The summed E-state index contributed by atoms with van der Waals surface area (Å²) in [6, 6.07) is 13.0. The van der Waals surface area contributed by atoms with E-state index in [0.717, 1.165) is 11.4 Å². The van der Waals surface area contributed by atoms with Crippen LogP contribution in [0.1, 0.15) is 44.2 Å². The number of nitrogens with one attached hydrogen (secondary N) is 1. The predicted molar refractivity (Wildman–Crippen MR) is 93.1 cm³/mol. The highest BCUT2D eigenvalue weighted by molar-refractivity contribution is 5.62. The normalized spacial score (nSPS) is 12.5. The summed E-state index contributed by atoms with van der Waals surface area (Å²) in [4.78, 5) is 4.17. The summed E-state index contributed by atoms with van der Waals surface area (Å²) < 4.78 is 1.84. The molecule has 0 bridgehead atoms. The van der Waals surface area contributed by atoms with Gasteiger partial charge in [0.25, 0.3) is 0 Å². The highest BCUT2D eigenvalue weighted by atomic mass is 15.5. The van der Waals surface area contributed by atoms with Crippen LogP contribution in [-0.2, 0) is 6.54 Å². The highest BCUT2D eigenvalue weighted by Gasteiger charge is 2.11. The van der Waals surface area contributed by atoms with Crippen LogP contribution in [-0.4, -0.2) is 25.2 Å². The van der Waals surface area contributed by atoms with Gasteiger partial charge in [0.15, 0.2) is 5.82 Å². The fourth-order valence-corrected chi connectivity index (χ4v) is 2.59. The number of rotatable bonds is 6. The van der Waals surface area contributed by atoms with Crippen molar-refractivity contribution < 1.29 is 0 Å². The van der Waals surface area contributed by atoms with Crippen molar-refractivity contribution in [1.29, 1.82) is 0 Å². The summed E-state index contributed by atoms with van der Waals surface area (Å²) in [7, 11) is 0. The van der Waals surface area contributed by atoms with E-state index < -0.39 is 0 Å². The SMILES string of the molecule is CC(C)n1nnnc1CN[C@@H](C)c1ccc(-c2cccnc2)cc1. The Balaban J connectivity index is 1.65. The van der Waals surface area contributed by atoms with Gasteiger partial charge in [0.1, 0.15) is 0 Å². The van der Waals surface area contributed by atoms with Gasteiger partial charge in [-0.25, -0.2) is 4.68 Å². The second kappa shape index (κ2) is 7.31. The quantitative estimate of drug-likeness (QED) is 0.755. The summed E-state index contributed by atoms with van der Waals surface area (Å²) in [6.45, 7) is 6.92. The van der Waals surface area contributed by atoms with Crippen LogP contribution in [0.15, 0.2) is 48.8 Å². The molecule has 1 N–H and O–H groups in total. The van der Waals surface area contributed by atoms with Crippen LogP contribution in [0.3, 0.4) is 0 Å². The third-order valence-corrected chi connectivity index (χ3v) is 4.02. The zero-order chi connectivity index (χ0) is 16.9. The van der Waals surface area contributed by atoms with Gasteiger partial charge in [-0.05, 0) is 54.0 Å². The van der Waals surface area contributed by atoms with Gasteiger partial charge in [0, 0.05) is 18.4 Å². The van der Waals surface area contributed by atoms with Gasteiger partial charge < -0.3 is 5.32 Å². The Hall–Kier alpha value is -2.60. The molecule has 124 valence electrons. The number of nitrogens with zero attached hydrogens (tertiary/aromatic N) is 5. The zero-order valence-corrected chi connectivity index (χ0v) is 14.2. The zero-order valence-electron chi connectivity index (χ0n) is 14.2. The van der Waals surface area contributed by atoms with E-state index in [1.54, 1.807) is 6.20 Å². The molecule has 0 saturated carbocycles. The molecule has 0 spiro atoms. The van der Waals surface area contributed by atoms with Gasteiger partial charge in [-0.1, -0.05) is 30.3 Å². The van der Waals surface area contributed by atoms with Crippen LogP contribution in [0.25, 0.3) is 11.1 Å². The van der Waals surface area contributed by atoms with Crippen LogP contribution >= 0.6 is 0 Å². The molecule has 0 fully saturated rings. The monoisotopic (exact) mass is 322 g/mol. The van der Waals surface area contributed by atoms with Crippen molar-refractivity contribution in [2.75, 3.05) is 0 Å². The van der Waals surface area contributed by atoms with E-state index in [1.807, 2.05) is 16.9 Å². The van der Waals surface area contributed by atoms with Crippen molar-refractivity contribution in [3.8, 4) is 11.1 Å². The minimum atomic E-state index is 0.213. The second-order valence-electron chi connectivity index (χ2n) is 6.10. The Kier molecular flexibility index (Phi) is 4.96. The van der Waals surface area contributed by atoms with Gasteiger partial charge in [0.2, 0.25) is 0 Å². The predicted octanol–water partition coefficient (Wildman–Crippen LogP) is 3.17. The Morgan fingerprint density at radius 3 is 2.50 bits per heavy atom. The summed E-state index contributed by atoms with van der Waals surface area (Å²) in [6.07, 6.45) is 3.66. The van der Waals surface area contributed by atoms with Crippen LogP contribution in [0.5, 0.6) is 0 Å². The molecule has 0 aliphatic rings. The summed E-state index contributed by atoms with van der Waals surface area (Å²) >= 11 is 0. The molecular formula is C18H22N6. The van der Waals surface area contributed by atoms with Gasteiger partial charge in [-0.2, -0.15) is 0 Å². The number of tetrazole rings is 1. The van der Waals surface area contributed by atoms with Gasteiger partial charge in [-0.3, -0.25) is 4.98 Å². The smallest absolute Gasteiger partial charge is 0.165 e. The summed E-state index contributed by atoms with van der Waals surface area (Å²) in [5.74, 6) is 0.851. The van der Waals surface area contributed by atoms with E-state index in [9.17, 15) is 0 Å². The molecule has 0 saturated heterocycles. The molecular weight excluding hydrogens is 300 g/mol. The van der Waals surface area contributed by atoms with E-state index in [4.69, 9.17) is 0 Å². The fourth-order valence-electron chi connectivity index (χ4n) is 2.59. The van der Waals surface area contributed by atoms with Crippen LogP contribution in [0.2, 0.25) is 0 Å². The molecule has 0 radical (unpaired) electrons. The Morgan fingerprint density at radius 1 is 1.04 bits per heavy atom. The number of hydrogen-bond donors (Lipinski definition) is 1. The van der Waals surface area contributed by atoms with Gasteiger partial charge in [-0.15, -0.1) is 5.10 Å². The molecule has 6 heteroatoms. The maximum atomic E-state index is 4.17. The number of pyridine rings is 1. The number of aromatic nitrogens is 5. The van der Waals surface area contributed by atoms with E-state index in [0.29, 0.717) is 6.54 Å². The molecule has 0 unspecified atom stereocenters. The van der Waals surface area contributed by atoms with E-state index in [2.05, 4.69) is 76.9 Å². The first-order valence-corrected chi connectivity index (χ1v) is 8.15. The first kappa shape index (κ1) is 16.3. The molecule has 0 amide bonds. The van der Waals surface area contributed by atoms with Gasteiger partial charge in [0.05, 0.1) is 12.6 Å². The Morgan fingerprint density at radius 2 is 1.83 bits per heavy atom. The molecule has 1 aromatic carbocycles. The number of benzene rings is 1. The topological polar surface area (TPSA) is 68.5 Å². The number of hydrogen-bond acceptors (Lipinski definition) is 5. The molecule has 3 aromatic rings. The van der Waals surface area contributed by atoms with Crippen LogP contribution in [0.4, 0.5) is 0 Å². The van der Waals surface area contributed by atoms with E-state index in [-0.39, 0.29) is 12.1 Å². The highest BCUT2D eigenvalue weighted by Crippen LogP contribution is 2.21.